The van der Waals surface area contributed by atoms with Gasteiger partial charge in [-0.1, -0.05) is 38.1 Å². The van der Waals surface area contributed by atoms with Gasteiger partial charge in [0.1, 0.15) is 5.76 Å². The van der Waals surface area contributed by atoms with Crippen LogP contribution in [0.1, 0.15) is 43.2 Å². The number of furan rings is 1. The lowest BCUT2D eigenvalue weighted by molar-refractivity contribution is 0.526. The van der Waals surface area contributed by atoms with Crippen LogP contribution in [0.25, 0.3) is 0 Å². The highest BCUT2D eigenvalue weighted by molar-refractivity contribution is 7.99. The zero-order valence-electron chi connectivity index (χ0n) is 13.2. The van der Waals surface area contributed by atoms with Crippen LogP contribution in [0.3, 0.4) is 0 Å². The van der Waals surface area contributed by atoms with Gasteiger partial charge in [-0.15, -0.1) is 11.8 Å². The second-order valence-corrected chi connectivity index (χ2v) is 6.32. The summed E-state index contributed by atoms with van der Waals surface area (Å²) >= 11 is 1.86. The Balaban J connectivity index is 2.04. The Morgan fingerprint density at radius 3 is 2.48 bits per heavy atom. The van der Waals surface area contributed by atoms with E-state index >= 15 is 0 Å². The van der Waals surface area contributed by atoms with E-state index < -0.39 is 0 Å². The topological polar surface area (TPSA) is 25.2 Å². The molecule has 2 aromatic rings. The third-order valence-electron chi connectivity index (χ3n) is 3.65. The van der Waals surface area contributed by atoms with Crippen molar-refractivity contribution in [1.29, 1.82) is 0 Å². The lowest BCUT2D eigenvalue weighted by Gasteiger charge is -2.19. The molecule has 1 atom stereocenters. The lowest BCUT2D eigenvalue weighted by Crippen LogP contribution is -2.24. The van der Waals surface area contributed by atoms with Gasteiger partial charge in [0.05, 0.1) is 6.26 Å². The zero-order chi connectivity index (χ0) is 15.1. The lowest BCUT2D eigenvalue weighted by atomic mass is 10.0. The van der Waals surface area contributed by atoms with Gasteiger partial charge in [0.25, 0.3) is 0 Å². The van der Waals surface area contributed by atoms with E-state index in [0.717, 1.165) is 30.9 Å². The number of hydrogen-bond acceptors (Lipinski definition) is 3. The summed E-state index contributed by atoms with van der Waals surface area (Å²) in [5.74, 6) is 2.03. The first-order chi connectivity index (χ1) is 10.2. The fourth-order valence-corrected chi connectivity index (χ4v) is 3.33. The molecule has 1 aromatic carbocycles. The average molecular weight is 303 g/mol. The molecular weight excluding hydrogens is 278 g/mol. The van der Waals surface area contributed by atoms with E-state index in [4.69, 9.17) is 4.42 Å². The highest BCUT2D eigenvalue weighted by Gasteiger charge is 2.12. The molecule has 2 rings (SSSR count). The molecule has 2 nitrogen and oxygen atoms in total. The Hall–Kier alpha value is -1.19. The van der Waals surface area contributed by atoms with E-state index in [2.05, 4.69) is 49.5 Å². The summed E-state index contributed by atoms with van der Waals surface area (Å²) in [7, 11) is 0. The molecule has 114 valence electrons. The SMILES string of the molecule is CCCNC(CSc1ccoc1C)c1ccc(CC)cc1. The second kappa shape index (κ2) is 8.30. The molecule has 0 amide bonds. The van der Waals surface area contributed by atoms with Crippen LogP contribution in [-0.2, 0) is 6.42 Å². The summed E-state index contributed by atoms with van der Waals surface area (Å²) in [6, 6.07) is 11.4. The number of hydrogen-bond donors (Lipinski definition) is 1. The van der Waals surface area contributed by atoms with E-state index in [1.165, 1.54) is 16.0 Å². The van der Waals surface area contributed by atoms with Crippen molar-refractivity contribution in [2.45, 2.75) is 44.6 Å². The molecule has 0 saturated carbocycles. The molecule has 0 aliphatic rings. The number of benzene rings is 1. The monoisotopic (exact) mass is 303 g/mol. The molecule has 21 heavy (non-hydrogen) atoms. The molecule has 0 saturated heterocycles. The highest BCUT2D eigenvalue weighted by atomic mass is 32.2. The van der Waals surface area contributed by atoms with Crippen molar-refractivity contribution in [1.82, 2.24) is 5.32 Å². The van der Waals surface area contributed by atoms with Gasteiger partial charge in [-0.25, -0.2) is 0 Å². The van der Waals surface area contributed by atoms with E-state index in [1.807, 2.05) is 18.7 Å². The smallest absolute Gasteiger partial charge is 0.114 e. The van der Waals surface area contributed by atoms with Crippen LogP contribution in [0.4, 0.5) is 0 Å². The first kappa shape index (κ1) is 16.2. The van der Waals surface area contributed by atoms with Crippen LogP contribution >= 0.6 is 11.8 Å². The molecule has 0 spiro atoms. The molecule has 1 aromatic heterocycles. The van der Waals surface area contributed by atoms with Crippen molar-refractivity contribution in [3.05, 3.63) is 53.5 Å². The van der Waals surface area contributed by atoms with Crippen molar-refractivity contribution in [3.8, 4) is 0 Å². The van der Waals surface area contributed by atoms with Gasteiger partial charge in [-0.3, -0.25) is 0 Å². The molecule has 0 aliphatic heterocycles. The van der Waals surface area contributed by atoms with Gasteiger partial charge in [0, 0.05) is 16.7 Å². The van der Waals surface area contributed by atoms with Crippen molar-refractivity contribution in [2.24, 2.45) is 0 Å². The minimum Gasteiger partial charge on any atom is -0.468 e. The van der Waals surface area contributed by atoms with Crippen LogP contribution in [0.2, 0.25) is 0 Å². The Morgan fingerprint density at radius 1 is 1.14 bits per heavy atom. The molecule has 1 heterocycles. The first-order valence-corrected chi connectivity index (χ1v) is 8.72. The quantitative estimate of drug-likeness (QED) is 0.696. The summed E-state index contributed by atoms with van der Waals surface area (Å²) in [5.41, 5.74) is 2.76. The summed E-state index contributed by atoms with van der Waals surface area (Å²) in [6.45, 7) is 7.47. The van der Waals surface area contributed by atoms with Crippen molar-refractivity contribution in [2.75, 3.05) is 12.3 Å². The van der Waals surface area contributed by atoms with Crippen LogP contribution in [0, 0.1) is 6.92 Å². The Kier molecular flexibility index (Phi) is 6.40. The van der Waals surface area contributed by atoms with E-state index in [0.29, 0.717) is 6.04 Å². The fraction of sp³-hybridized carbons (Fsp3) is 0.444. The number of aryl methyl sites for hydroxylation is 2. The summed E-state index contributed by atoms with van der Waals surface area (Å²) in [5, 5.41) is 3.65. The standard InChI is InChI=1S/C18H25NOS/c1-4-11-19-17(13-21-18-10-12-20-14(18)3)16-8-6-15(5-2)7-9-16/h6-10,12,17,19H,4-5,11,13H2,1-3H3. The van der Waals surface area contributed by atoms with Crippen LogP contribution in [0.15, 0.2) is 45.9 Å². The third-order valence-corrected chi connectivity index (χ3v) is 4.88. The number of thioether (sulfide) groups is 1. The predicted molar refractivity (Wildman–Crippen MR) is 91.0 cm³/mol. The van der Waals surface area contributed by atoms with Crippen molar-refractivity contribution < 1.29 is 4.42 Å². The fourth-order valence-electron chi connectivity index (χ4n) is 2.27. The Labute approximate surface area is 132 Å². The molecule has 1 unspecified atom stereocenters. The molecule has 1 N–H and O–H groups in total. The minimum absolute atomic E-state index is 0.384. The first-order valence-electron chi connectivity index (χ1n) is 7.73. The van der Waals surface area contributed by atoms with Gasteiger partial charge in [0.2, 0.25) is 0 Å². The average Bonchev–Trinajstić information content (AvgIpc) is 2.93. The highest BCUT2D eigenvalue weighted by Crippen LogP contribution is 2.28. The van der Waals surface area contributed by atoms with Crippen molar-refractivity contribution in [3.63, 3.8) is 0 Å². The summed E-state index contributed by atoms with van der Waals surface area (Å²) < 4.78 is 5.37. The Bertz CT molecular complexity index is 532. The predicted octanol–water partition coefficient (Wildman–Crippen LogP) is 4.98. The van der Waals surface area contributed by atoms with Gasteiger partial charge >= 0.3 is 0 Å². The third kappa shape index (κ3) is 4.65. The van der Waals surface area contributed by atoms with E-state index in [-0.39, 0.29) is 0 Å². The molecule has 0 aliphatic carbocycles. The van der Waals surface area contributed by atoms with Crippen molar-refractivity contribution >= 4 is 11.8 Å². The van der Waals surface area contributed by atoms with Crippen LogP contribution in [0.5, 0.6) is 0 Å². The van der Waals surface area contributed by atoms with E-state index in [9.17, 15) is 0 Å². The normalized spacial score (nSPS) is 12.5. The van der Waals surface area contributed by atoms with Crippen LogP contribution in [-0.4, -0.2) is 12.3 Å². The number of nitrogens with one attached hydrogen (secondary N) is 1. The summed E-state index contributed by atoms with van der Waals surface area (Å²) in [6.07, 6.45) is 4.01. The molecule has 0 radical (unpaired) electrons. The molecule has 0 bridgehead atoms. The molecule has 0 fully saturated rings. The maximum absolute atomic E-state index is 5.37. The zero-order valence-corrected chi connectivity index (χ0v) is 14.0. The van der Waals surface area contributed by atoms with Gasteiger partial charge in [-0.05, 0) is 43.5 Å². The largest absolute Gasteiger partial charge is 0.468 e. The second-order valence-electron chi connectivity index (χ2n) is 5.25. The van der Waals surface area contributed by atoms with Gasteiger partial charge in [-0.2, -0.15) is 0 Å². The van der Waals surface area contributed by atoms with E-state index in [1.54, 1.807) is 6.26 Å². The minimum atomic E-state index is 0.384. The molecular formula is C18H25NOS. The maximum Gasteiger partial charge on any atom is 0.114 e. The van der Waals surface area contributed by atoms with Gasteiger partial charge in [0.15, 0.2) is 0 Å². The maximum atomic E-state index is 5.37. The Morgan fingerprint density at radius 2 is 1.90 bits per heavy atom. The van der Waals surface area contributed by atoms with Crippen LogP contribution < -0.4 is 5.32 Å². The summed E-state index contributed by atoms with van der Waals surface area (Å²) in [4.78, 5) is 1.24. The van der Waals surface area contributed by atoms with Gasteiger partial charge < -0.3 is 9.73 Å². The number of rotatable bonds is 8. The molecule has 3 heteroatoms.